The van der Waals surface area contributed by atoms with Gasteiger partial charge in [0.1, 0.15) is 5.75 Å². The van der Waals surface area contributed by atoms with E-state index in [1.54, 1.807) is 12.1 Å². The van der Waals surface area contributed by atoms with Crippen molar-refractivity contribution in [3.63, 3.8) is 0 Å². The van der Waals surface area contributed by atoms with E-state index in [2.05, 4.69) is 18.0 Å². The zero-order valence-corrected chi connectivity index (χ0v) is 19.9. The van der Waals surface area contributed by atoms with Crippen molar-refractivity contribution in [2.24, 2.45) is 0 Å². The molecule has 6 nitrogen and oxygen atoms in total. The Bertz CT molecular complexity index is 1190. The molecule has 34 heavy (non-hydrogen) atoms. The van der Waals surface area contributed by atoms with Crippen LogP contribution in [-0.4, -0.2) is 48.0 Å². The summed E-state index contributed by atoms with van der Waals surface area (Å²) in [4.78, 5) is 16.8. The highest BCUT2D eigenvalue weighted by molar-refractivity contribution is 5.92. The Balaban J connectivity index is 1.74. The zero-order valence-electron chi connectivity index (χ0n) is 19.9. The number of anilines is 1. The molecule has 0 aromatic heterocycles. The molecule has 3 aromatic rings. The van der Waals surface area contributed by atoms with Gasteiger partial charge in [-0.1, -0.05) is 43.0 Å². The van der Waals surface area contributed by atoms with Gasteiger partial charge in [0, 0.05) is 30.5 Å². The van der Waals surface area contributed by atoms with Crippen molar-refractivity contribution in [1.82, 2.24) is 9.80 Å². The van der Waals surface area contributed by atoms with Crippen LogP contribution < -0.4 is 5.32 Å². The van der Waals surface area contributed by atoms with Gasteiger partial charge in [0.05, 0.1) is 18.2 Å². The van der Waals surface area contributed by atoms with Gasteiger partial charge in [0.15, 0.2) is 0 Å². The van der Waals surface area contributed by atoms with Crippen LogP contribution in [0.15, 0.2) is 79.0 Å². The first-order valence-electron chi connectivity index (χ1n) is 11.0. The molecule has 0 spiro atoms. The summed E-state index contributed by atoms with van der Waals surface area (Å²) in [6.07, 6.45) is 0. The second-order valence-electron chi connectivity index (χ2n) is 8.66. The summed E-state index contributed by atoms with van der Waals surface area (Å²) in [5.41, 5.74) is 5.94. The summed E-state index contributed by atoms with van der Waals surface area (Å²) in [5, 5.41) is 21.8. The molecule has 0 heterocycles. The standard InChI is InChI=1S/C28H30N4O2/c1-20-12-26(15-27(33)13-20)30-28(34)19-32(21(2)17-31(3)4)18-22-8-10-24(11-9-22)25-7-5-6-23(14-25)16-29/h5-15,33H,2,17-19H2,1,3-4H3,(H,30,34). The van der Waals surface area contributed by atoms with Gasteiger partial charge in [0.25, 0.3) is 0 Å². The fraction of sp³-hybridized carbons (Fsp3) is 0.214. The van der Waals surface area contributed by atoms with Crippen LogP contribution in [-0.2, 0) is 11.3 Å². The first-order chi connectivity index (χ1) is 16.2. The molecule has 0 saturated heterocycles. The normalized spacial score (nSPS) is 10.6. The molecule has 0 radical (unpaired) electrons. The molecule has 0 saturated carbocycles. The number of nitrogens with zero attached hydrogens (tertiary/aromatic N) is 3. The number of rotatable bonds is 9. The SMILES string of the molecule is C=C(CN(C)C)N(CC(=O)Nc1cc(C)cc(O)c1)Cc1ccc(-c2cccc(C#N)c2)cc1. The predicted octanol–water partition coefficient (Wildman–Crippen LogP) is 4.76. The van der Waals surface area contributed by atoms with E-state index in [0.29, 0.717) is 24.3 Å². The minimum Gasteiger partial charge on any atom is -0.508 e. The molecule has 0 aliphatic carbocycles. The fourth-order valence-corrected chi connectivity index (χ4v) is 3.74. The van der Waals surface area contributed by atoms with Crippen molar-refractivity contribution in [3.05, 3.63) is 95.7 Å². The van der Waals surface area contributed by atoms with Crippen LogP contribution in [0, 0.1) is 18.3 Å². The van der Waals surface area contributed by atoms with Gasteiger partial charge in [-0.05, 0) is 67.5 Å². The molecule has 3 rings (SSSR count). The summed E-state index contributed by atoms with van der Waals surface area (Å²) < 4.78 is 0. The van der Waals surface area contributed by atoms with Crippen LogP contribution in [0.1, 0.15) is 16.7 Å². The maximum atomic E-state index is 12.8. The van der Waals surface area contributed by atoms with Gasteiger partial charge in [0.2, 0.25) is 5.91 Å². The summed E-state index contributed by atoms with van der Waals surface area (Å²) in [6.45, 7) is 7.34. The Morgan fingerprint density at radius 3 is 2.41 bits per heavy atom. The minimum absolute atomic E-state index is 0.115. The Hall–Kier alpha value is -4.08. The number of hydrogen-bond donors (Lipinski definition) is 2. The van der Waals surface area contributed by atoms with E-state index in [0.717, 1.165) is 28.0 Å². The van der Waals surface area contributed by atoms with Crippen LogP contribution in [0.4, 0.5) is 5.69 Å². The van der Waals surface area contributed by atoms with Crippen LogP contribution in [0.25, 0.3) is 11.1 Å². The van der Waals surface area contributed by atoms with Crippen molar-refractivity contribution < 1.29 is 9.90 Å². The number of amides is 1. The van der Waals surface area contributed by atoms with Crippen LogP contribution in [0.5, 0.6) is 5.75 Å². The third-order valence-corrected chi connectivity index (χ3v) is 5.28. The first kappa shape index (κ1) is 24.6. The average molecular weight is 455 g/mol. The molecule has 3 aromatic carbocycles. The lowest BCUT2D eigenvalue weighted by atomic mass is 10.0. The van der Waals surface area contributed by atoms with Gasteiger partial charge in [-0.3, -0.25) is 4.79 Å². The Morgan fingerprint density at radius 2 is 1.76 bits per heavy atom. The third kappa shape index (κ3) is 6.96. The lowest BCUT2D eigenvalue weighted by molar-refractivity contribution is -0.117. The van der Waals surface area contributed by atoms with E-state index < -0.39 is 0 Å². The number of carbonyl (C=O) groups is 1. The lowest BCUT2D eigenvalue weighted by Crippen LogP contribution is -2.35. The molecule has 6 heteroatoms. The molecule has 0 aliphatic rings. The van der Waals surface area contributed by atoms with Gasteiger partial charge in [-0.2, -0.15) is 5.26 Å². The highest BCUT2D eigenvalue weighted by Crippen LogP contribution is 2.22. The number of likely N-dealkylation sites (N-methyl/N-ethyl adjacent to an activating group) is 1. The molecular weight excluding hydrogens is 424 g/mol. The largest absolute Gasteiger partial charge is 0.508 e. The highest BCUT2D eigenvalue weighted by Gasteiger charge is 2.15. The summed E-state index contributed by atoms with van der Waals surface area (Å²) in [6, 6.07) is 22.8. The quantitative estimate of drug-likeness (QED) is 0.488. The van der Waals surface area contributed by atoms with Crippen LogP contribution >= 0.6 is 0 Å². The summed E-state index contributed by atoms with van der Waals surface area (Å²) in [5.74, 6) is -0.0700. The molecule has 2 N–H and O–H groups in total. The van der Waals surface area contributed by atoms with E-state index in [9.17, 15) is 9.90 Å². The molecule has 0 fully saturated rings. The van der Waals surface area contributed by atoms with Crippen LogP contribution in [0.3, 0.4) is 0 Å². The third-order valence-electron chi connectivity index (χ3n) is 5.28. The number of phenolic OH excluding ortho intramolecular Hbond substituents is 1. The predicted molar refractivity (Wildman–Crippen MR) is 136 cm³/mol. The van der Waals surface area contributed by atoms with Crippen molar-refractivity contribution in [2.45, 2.75) is 13.5 Å². The molecule has 1 amide bonds. The van der Waals surface area contributed by atoms with Gasteiger partial charge in [-0.25, -0.2) is 0 Å². The number of benzene rings is 3. The minimum atomic E-state index is -0.185. The summed E-state index contributed by atoms with van der Waals surface area (Å²) >= 11 is 0. The van der Waals surface area contributed by atoms with Crippen molar-refractivity contribution in [3.8, 4) is 22.9 Å². The molecule has 0 aliphatic heterocycles. The second-order valence-corrected chi connectivity index (χ2v) is 8.66. The maximum Gasteiger partial charge on any atom is 0.243 e. The lowest BCUT2D eigenvalue weighted by Gasteiger charge is -2.28. The maximum absolute atomic E-state index is 12.8. The number of phenols is 1. The number of aryl methyl sites for hydroxylation is 1. The number of carbonyl (C=O) groups excluding carboxylic acids is 1. The van der Waals surface area contributed by atoms with Gasteiger partial charge >= 0.3 is 0 Å². The first-order valence-corrected chi connectivity index (χ1v) is 11.0. The Morgan fingerprint density at radius 1 is 1.03 bits per heavy atom. The molecule has 0 bridgehead atoms. The number of nitriles is 1. The Kier molecular flexibility index (Phi) is 8.07. The van der Waals surface area contributed by atoms with Crippen LogP contribution in [0.2, 0.25) is 0 Å². The Labute approximate surface area is 201 Å². The number of hydrogen-bond acceptors (Lipinski definition) is 5. The van der Waals surface area contributed by atoms with Crippen molar-refractivity contribution in [2.75, 3.05) is 32.5 Å². The zero-order chi connectivity index (χ0) is 24.7. The molecule has 0 atom stereocenters. The van der Waals surface area contributed by atoms with E-state index in [-0.39, 0.29) is 18.2 Å². The monoisotopic (exact) mass is 454 g/mol. The van der Waals surface area contributed by atoms with Gasteiger partial charge in [-0.15, -0.1) is 0 Å². The highest BCUT2D eigenvalue weighted by atomic mass is 16.3. The summed E-state index contributed by atoms with van der Waals surface area (Å²) in [7, 11) is 3.92. The van der Waals surface area contributed by atoms with Crippen molar-refractivity contribution in [1.29, 1.82) is 5.26 Å². The topological polar surface area (TPSA) is 79.6 Å². The molecule has 174 valence electrons. The number of aromatic hydroxyl groups is 1. The molecule has 0 unspecified atom stereocenters. The number of nitrogens with one attached hydrogen (secondary N) is 1. The van der Waals surface area contributed by atoms with Crippen molar-refractivity contribution >= 4 is 11.6 Å². The van der Waals surface area contributed by atoms with E-state index in [4.69, 9.17) is 5.26 Å². The average Bonchev–Trinajstić information content (AvgIpc) is 2.78. The van der Waals surface area contributed by atoms with E-state index in [1.165, 1.54) is 6.07 Å². The smallest absolute Gasteiger partial charge is 0.243 e. The van der Waals surface area contributed by atoms with E-state index >= 15 is 0 Å². The van der Waals surface area contributed by atoms with Gasteiger partial charge < -0.3 is 20.2 Å². The second kappa shape index (κ2) is 11.2. The van der Waals surface area contributed by atoms with E-state index in [1.807, 2.05) is 79.3 Å². The molecular formula is C28H30N4O2. The fourth-order valence-electron chi connectivity index (χ4n) is 3.74.